The Morgan fingerprint density at radius 3 is 2.94 bits per heavy atom. The molecule has 1 N–H and O–H groups in total. The number of imidazole rings is 1. The first kappa shape index (κ1) is 13.1. The Morgan fingerprint density at radius 1 is 1.44 bits per heavy atom. The van der Waals surface area contributed by atoms with Crippen LogP contribution in [0.15, 0.2) is 29.0 Å². The Hall–Kier alpha value is -1.36. The molecule has 5 heteroatoms. The van der Waals surface area contributed by atoms with Gasteiger partial charge in [-0.1, -0.05) is 6.92 Å². The maximum absolute atomic E-state index is 13.6. The summed E-state index contributed by atoms with van der Waals surface area (Å²) >= 11 is 3.19. The van der Waals surface area contributed by atoms with E-state index in [1.165, 1.54) is 6.07 Å². The first-order chi connectivity index (χ1) is 8.63. The minimum Gasteiger partial charge on any atom is -0.355 e. The van der Waals surface area contributed by atoms with E-state index in [1.54, 1.807) is 12.3 Å². The molecule has 0 unspecified atom stereocenters. The highest BCUT2D eigenvalue weighted by Crippen LogP contribution is 2.25. The molecule has 2 rings (SSSR count). The average Bonchev–Trinajstić information content (AvgIpc) is 2.79. The quantitative estimate of drug-likeness (QED) is 0.928. The molecule has 0 saturated carbocycles. The van der Waals surface area contributed by atoms with Gasteiger partial charge < -0.3 is 5.32 Å². The summed E-state index contributed by atoms with van der Waals surface area (Å²) in [6.07, 6.45) is 4.55. The van der Waals surface area contributed by atoms with Crippen molar-refractivity contribution < 1.29 is 4.39 Å². The molecule has 0 aliphatic heterocycles. The molecule has 0 saturated heterocycles. The molecule has 2 aromatic rings. The average molecular weight is 312 g/mol. The Kier molecular flexibility index (Phi) is 4.01. The van der Waals surface area contributed by atoms with Gasteiger partial charge in [-0.2, -0.15) is 0 Å². The van der Waals surface area contributed by atoms with E-state index < -0.39 is 0 Å². The Labute approximate surface area is 114 Å². The number of nitrogens with zero attached hydrogens (tertiary/aromatic N) is 2. The first-order valence-electron chi connectivity index (χ1n) is 5.86. The van der Waals surface area contributed by atoms with E-state index in [1.807, 2.05) is 17.7 Å². The van der Waals surface area contributed by atoms with Crippen molar-refractivity contribution in [2.24, 2.45) is 0 Å². The van der Waals surface area contributed by atoms with Gasteiger partial charge in [-0.3, -0.25) is 4.57 Å². The lowest BCUT2D eigenvalue weighted by Gasteiger charge is -2.12. The Bertz CT molecular complexity index is 551. The monoisotopic (exact) mass is 311 g/mol. The van der Waals surface area contributed by atoms with Crippen molar-refractivity contribution in [2.75, 3.05) is 11.9 Å². The zero-order chi connectivity index (χ0) is 13.1. The highest BCUT2D eigenvalue weighted by molar-refractivity contribution is 9.10. The molecule has 0 aliphatic rings. The van der Waals surface area contributed by atoms with Gasteiger partial charge in [0, 0.05) is 18.9 Å². The molecule has 0 fully saturated rings. The molecule has 18 heavy (non-hydrogen) atoms. The van der Waals surface area contributed by atoms with E-state index in [0.29, 0.717) is 4.47 Å². The predicted molar refractivity (Wildman–Crippen MR) is 74.7 cm³/mol. The highest BCUT2D eigenvalue weighted by Gasteiger charge is 2.10. The van der Waals surface area contributed by atoms with Crippen LogP contribution in [0.1, 0.15) is 18.9 Å². The van der Waals surface area contributed by atoms with E-state index >= 15 is 0 Å². The van der Waals surface area contributed by atoms with Crippen LogP contribution in [0.5, 0.6) is 0 Å². The van der Waals surface area contributed by atoms with Crippen molar-refractivity contribution in [1.82, 2.24) is 9.55 Å². The van der Waals surface area contributed by atoms with Crippen molar-refractivity contribution in [3.8, 4) is 5.69 Å². The zero-order valence-electron chi connectivity index (χ0n) is 10.4. The number of hydrogen-bond donors (Lipinski definition) is 1. The van der Waals surface area contributed by atoms with Crippen LogP contribution >= 0.6 is 15.9 Å². The second-order valence-corrected chi connectivity index (χ2v) is 4.95. The van der Waals surface area contributed by atoms with Gasteiger partial charge in [0.1, 0.15) is 5.82 Å². The van der Waals surface area contributed by atoms with E-state index in [9.17, 15) is 4.39 Å². The number of nitrogens with one attached hydrogen (secondary N) is 1. The van der Waals surface area contributed by atoms with Crippen LogP contribution < -0.4 is 5.32 Å². The molecule has 0 bridgehead atoms. The molecule has 0 atom stereocenters. The van der Waals surface area contributed by atoms with Crippen LogP contribution in [0.25, 0.3) is 5.69 Å². The number of hydrogen-bond acceptors (Lipinski definition) is 2. The van der Waals surface area contributed by atoms with E-state index in [0.717, 1.165) is 30.2 Å². The van der Waals surface area contributed by atoms with Crippen molar-refractivity contribution in [3.63, 3.8) is 0 Å². The van der Waals surface area contributed by atoms with Gasteiger partial charge in [0.2, 0.25) is 5.95 Å². The topological polar surface area (TPSA) is 29.9 Å². The van der Waals surface area contributed by atoms with Gasteiger partial charge in [-0.15, -0.1) is 0 Å². The Morgan fingerprint density at radius 2 is 2.22 bits per heavy atom. The lowest BCUT2D eigenvalue weighted by Crippen LogP contribution is -2.07. The highest BCUT2D eigenvalue weighted by atomic mass is 79.9. The van der Waals surface area contributed by atoms with Crippen LogP contribution in [0.2, 0.25) is 0 Å². The number of anilines is 1. The standard InChI is InChI=1S/C13H15BrFN3/c1-3-4-16-13-17-5-6-18(13)12-8-11(15)10(14)7-9(12)2/h5-8H,3-4H2,1-2H3,(H,16,17). The predicted octanol–water partition coefficient (Wildman–Crippen LogP) is 3.90. The second kappa shape index (κ2) is 5.52. The van der Waals surface area contributed by atoms with Gasteiger partial charge in [-0.05, 0) is 47.0 Å². The van der Waals surface area contributed by atoms with Crippen molar-refractivity contribution in [2.45, 2.75) is 20.3 Å². The number of benzene rings is 1. The number of aromatic nitrogens is 2. The summed E-state index contributed by atoms with van der Waals surface area (Å²) in [4.78, 5) is 4.24. The maximum atomic E-state index is 13.6. The molecular weight excluding hydrogens is 297 g/mol. The lowest BCUT2D eigenvalue weighted by atomic mass is 10.2. The fourth-order valence-electron chi connectivity index (χ4n) is 1.76. The molecule has 0 radical (unpaired) electrons. The molecule has 3 nitrogen and oxygen atoms in total. The van der Waals surface area contributed by atoms with E-state index in [4.69, 9.17) is 0 Å². The molecule has 0 amide bonds. The minimum atomic E-state index is -0.272. The summed E-state index contributed by atoms with van der Waals surface area (Å²) in [5.41, 5.74) is 1.78. The summed E-state index contributed by atoms with van der Waals surface area (Å²) in [5, 5.41) is 3.22. The number of aryl methyl sites for hydroxylation is 1. The van der Waals surface area contributed by atoms with Gasteiger partial charge in [0.15, 0.2) is 0 Å². The molecular formula is C13H15BrFN3. The van der Waals surface area contributed by atoms with E-state index in [2.05, 4.69) is 33.2 Å². The third kappa shape index (κ3) is 2.56. The van der Waals surface area contributed by atoms with Gasteiger partial charge in [0.25, 0.3) is 0 Å². The van der Waals surface area contributed by atoms with Gasteiger partial charge in [-0.25, -0.2) is 9.37 Å². The summed E-state index contributed by atoms with van der Waals surface area (Å²) in [6.45, 7) is 4.88. The minimum absolute atomic E-state index is 0.272. The van der Waals surface area contributed by atoms with Crippen molar-refractivity contribution in [3.05, 3.63) is 40.4 Å². The second-order valence-electron chi connectivity index (χ2n) is 4.10. The number of halogens is 2. The molecule has 96 valence electrons. The molecule has 0 spiro atoms. The van der Waals surface area contributed by atoms with Crippen molar-refractivity contribution >= 4 is 21.9 Å². The van der Waals surface area contributed by atoms with Crippen LogP contribution in [0, 0.1) is 12.7 Å². The van der Waals surface area contributed by atoms with Crippen molar-refractivity contribution in [1.29, 1.82) is 0 Å². The lowest BCUT2D eigenvalue weighted by molar-refractivity contribution is 0.619. The van der Waals surface area contributed by atoms with E-state index in [-0.39, 0.29) is 5.82 Å². The number of rotatable bonds is 4. The first-order valence-corrected chi connectivity index (χ1v) is 6.66. The summed E-state index contributed by atoms with van der Waals surface area (Å²) in [7, 11) is 0. The zero-order valence-corrected chi connectivity index (χ0v) is 12.0. The third-order valence-electron chi connectivity index (χ3n) is 2.67. The van der Waals surface area contributed by atoms with Crippen LogP contribution in [-0.4, -0.2) is 16.1 Å². The third-order valence-corrected chi connectivity index (χ3v) is 3.28. The van der Waals surface area contributed by atoms with Gasteiger partial charge in [0.05, 0.1) is 10.2 Å². The summed E-state index contributed by atoms with van der Waals surface area (Å²) < 4.78 is 16.0. The van der Waals surface area contributed by atoms with Crippen LogP contribution in [0.3, 0.4) is 0 Å². The SMILES string of the molecule is CCCNc1nccn1-c1cc(F)c(Br)cc1C. The van der Waals surface area contributed by atoms with Crippen LogP contribution in [-0.2, 0) is 0 Å². The fourth-order valence-corrected chi connectivity index (χ4v) is 2.22. The molecule has 1 aromatic heterocycles. The molecule has 1 heterocycles. The normalized spacial score (nSPS) is 10.7. The maximum Gasteiger partial charge on any atom is 0.207 e. The van der Waals surface area contributed by atoms with Gasteiger partial charge >= 0.3 is 0 Å². The fraction of sp³-hybridized carbons (Fsp3) is 0.308. The Balaban J connectivity index is 2.42. The van der Waals surface area contributed by atoms with Crippen LogP contribution in [0.4, 0.5) is 10.3 Å². The summed E-state index contributed by atoms with van der Waals surface area (Å²) in [6, 6.07) is 3.28. The largest absolute Gasteiger partial charge is 0.355 e. The summed E-state index contributed by atoms with van der Waals surface area (Å²) in [5.74, 6) is 0.465. The molecule has 0 aliphatic carbocycles. The molecule has 1 aromatic carbocycles. The smallest absolute Gasteiger partial charge is 0.207 e.